The zero-order valence-corrected chi connectivity index (χ0v) is 18.5. The molecule has 0 unspecified atom stereocenters. The number of nitrogens with one attached hydrogen (secondary N) is 2. The van der Waals surface area contributed by atoms with E-state index in [4.69, 9.17) is 4.42 Å². The van der Waals surface area contributed by atoms with Gasteiger partial charge in [-0.2, -0.15) is 0 Å². The van der Waals surface area contributed by atoms with Crippen molar-refractivity contribution in [1.29, 1.82) is 0 Å². The lowest BCUT2D eigenvalue weighted by Gasteiger charge is -2.10. The Hall–Kier alpha value is -4.97. The van der Waals surface area contributed by atoms with Gasteiger partial charge >= 0.3 is 5.63 Å². The van der Waals surface area contributed by atoms with Crippen molar-refractivity contribution in [1.82, 2.24) is 0 Å². The molecule has 6 heteroatoms. The number of anilines is 2. The molecular formula is C29H20N2O4. The SMILES string of the molecule is O=C(Nc1cccc(NC(=O)c2cccc(-c3cc4ccccc4oc3=O)c2)c1)c1ccccc1. The summed E-state index contributed by atoms with van der Waals surface area (Å²) in [5.74, 6) is -0.584. The quantitative estimate of drug-likeness (QED) is 0.317. The molecule has 5 rings (SSSR count). The normalized spacial score (nSPS) is 10.6. The second kappa shape index (κ2) is 9.49. The molecule has 0 spiro atoms. The Morgan fingerprint density at radius 2 is 1.23 bits per heavy atom. The minimum atomic E-state index is -0.469. The second-order valence-corrected chi connectivity index (χ2v) is 7.92. The summed E-state index contributed by atoms with van der Waals surface area (Å²) in [6.45, 7) is 0. The van der Waals surface area contributed by atoms with Gasteiger partial charge in [0.25, 0.3) is 11.8 Å². The molecule has 0 fully saturated rings. The van der Waals surface area contributed by atoms with Crippen molar-refractivity contribution >= 4 is 34.2 Å². The molecule has 4 aromatic carbocycles. The van der Waals surface area contributed by atoms with Gasteiger partial charge in [-0.3, -0.25) is 9.59 Å². The summed E-state index contributed by atoms with van der Waals surface area (Å²) in [6, 6.07) is 31.6. The summed E-state index contributed by atoms with van der Waals surface area (Å²) >= 11 is 0. The molecular weight excluding hydrogens is 440 g/mol. The van der Waals surface area contributed by atoms with Crippen LogP contribution in [0.5, 0.6) is 0 Å². The highest BCUT2D eigenvalue weighted by atomic mass is 16.4. The number of carbonyl (C=O) groups is 2. The average molecular weight is 460 g/mol. The molecule has 35 heavy (non-hydrogen) atoms. The van der Waals surface area contributed by atoms with Gasteiger partial charge in [-0.25, -0.2) is 4.79 Å². The molecule has 0 aliphatic carbocycles. The predicted molar refractivity (Wildman–Crippen MR) is 137 cm³/mol. The fraction of sp³-hybridized carbons (Fsp3) is 0. The van der Waals surface area contributed by atoms with E-state index in [1.54, 1.807) is 91.0 Å². The number of hydrogen-bond acceptors (Lipinski definition) is 4. The van der Waals surface area contributed by atoms with E-state index in [1.165, 1.54) is 0 Å². The first kappa shape index (κ1) is 21.9. The standard InChI is InChI=1S/C29H20N2O4/c32-27(19-8-2-1-3-9-19)30-23-13-7-14-24(18-23)31-28(33)22-12-6-11-20(16-22)25-17-21-10-4-5-15-26(21)35-29(25)34/h1-18H,(H,30,32)(H,31,33). The predicted octanol–water partition coefficient (Wildman–Crippen LogP) is 5.96. The number of benzene rings is 4. The second-order valence-electron chi connectivity index (χ2n) is 7.92. The molecule has 170 valence electrons. The van der Waals surface area contributed by atoms with Crippen LogP contribution in [0.25, 0.3) is 22.1 Å². The molecule has 1 heterocycles. The minimum absolute atomic E-state index is 0.240. The maximum absolute atomic E-state index is 12.9. The van der Waals surface area contributed by atoms with Gasteiger partial charge in [-0.15, -0.1) is 0 Å². The Morgan fingerprint density at radius 1 is 0.600 bits per heavy atom. The third kappa shape index (κ3) is 4.86. The van der Waals surface area contributed by atoms with E-state index in [0.717, 1.165) is 5.39 Å². The summed E-state index contributed by atoms with van der Waals surface area (Å²) in [5, 5.41) is 6.47. The van der Waals surface area contributed by atoms with E-state index in [2.05, 4.69) is 10.6 Å². The molecule has 0 radical (unpaired) electrons. The summed E-state index contributed by atoms with van der Waals surface area (Å²) in [5.41, 5.74) is 3.00. The summed E-state index contributed by atoms with van der Waals surface area (Å²) in [7, 11) is 0. The van der Waals surface area contributed by atoms with Crippen LogP contribution in [0.4, 0.5) is 11.4 Å². The van der Waals surface area contributed by atoms with Gasteiger partial charge in [0.2, 0.25) is 0 Å². The topological polar surface area (TPSA) is 88.4 Å². The zero-order chi connectivity index (χ0) is 24.2. The monoisotopic (exact) mass is 460 g/mol. The van der Waals surface area contributed by atoms with Crippen LogP contribution >= 0.6 is 0 Å². The Bertz CT molecular complexity index is 1610. The van der Waals surface area contributed by atoms with Crippen LogP contribution in [0.3, 0.4) is 0 Å². The van der Waals surface area contributed by atoms with Gasteiger partial charge in [0.15, 0.2) is 0 Å². The van der Waals surface area contributed by atoms with Gasteiger partial charge in [0, 0.05) is 27.9 Å². The summed E-state index contributed by atoms with van der Waals surface area (Å²) in [6.07, 6.45) is 0. The Morgan fingerprint density at radius 3 is 2.00 bits per heavy atom. The summed E-state index contributed by atoms with van der Waals surface area (Å²) < 4.78 is 5.43. The van der Waals surface area contributed by atoms with Crippen molar-refractivity contribution < 1.29 is 14.0 Å². The van der Waals surface area contributed by atoms with Gasteiger partial charge < -0.3 is 15.1 Å². The molecule has 0 bridgehead atoms. The van der Waals surface area contributed by atoms with Crippen LogP contribution in [0.1, 0.15) is 20.7 Å². The van der Waals surface area contributed by atoms with Crippen LogP contribution < -0.4 is 16.3 Å². The first-order valence-corrected chi connectivity index (χ1v) is 11.0. The van der Waals surface area contributed by atoms with Gasteiger partial charge in [-0.05, 0) is 60.2 Å². The highest BCUT2D eigenvalue weighted by molar-refractivity contribution is 6.06. The van der Waals surface area contributed by atoms with E-state index in [9.17, 15) is 14.4 Å². The van der Waals surface area contributed by atoms with Crippen molar-refractivity contribution in [3.63, 3.8) is 0 Å². The molecule has 0 aliphatic heterocycles. The number of para-hydroxylation sites is 1. The molecule has 2 N–H and O–H groups in total. The van der Waals surface area contributed by atoms with Crippen molar-refractivity contribution in [3.8, 4) is 11.1 Å². The molecule has 6 nitrogen and oxygen atoms in total. The van der Waals surface area contributed by atoms with Gasteiger partial charge in [-0.1, -0.05) is 54.6 Å². The number of amides is 2. The van der Waals surface area contributed by atoms with Crippen molar-refractivity contribution in [3.05, 3.63) is 131 Å². The fourth-order valence-electron chi connectivity index (χ4n) is 3.76. The van der Waals surface area contributed by atoms with Crippen LogP contribution in [-0.4, -0.2) is 11.8 Å². The first-order chi connectivity index (χ1) is 17.1. The number of hydrogen-bond donors (Lipinski definition) is 2. The van der Waals surface area contributed by atoms with E-state index in [1.807, 2.05) is 18.2 Å². The van der Waals surface area contributed by atoms with E-state index < -0.39 is 5.63 Å². The molecule has 0 aliphatic rings. The smallest absolute Gasteiger partial charge is 0.344 e. The van der Waals surface area contributed by atoms with Crippen LogP contribution in [0.15, 0.2) is 118 Å². The van der Waals surface area contributed by atoms with E-state index in [0.29, 0.717) is 39.2 Å². The maximum atomic E-state index is 12.9. The lowest BCUT2D eigenvalue weighted by Crippen LogP contribution is -2.14. The van der Waals surface area contributed by atoms with Crippen LogP contribution in [0.2, 0.25) is 0 Å². The first-order valence-electron chi connectivity index (χ1n) is 11.0. The summed E-state index contributed by atoms with van der Waals surface area (Å²) in [4.78, 5) is 37.9. The molecule has 0 atom stereocenters. The van der Waals surface area contributed by atoms with E-state index >= 15 is 0 Å². The Labute approximate surface area is 200 Å². The number of fused-ring (bicyclic) bond motifs is 1. The molecule has 0 saturated heterocycles. The van der Waals surface area contributed by atoms with E-state index in [-0.39, 0.29) is 11.8 Å². The third-order valence-electron chi connectivity index (χ3n) is 5.49. The number of carbonyl (C=O) groups excluding carboxylic acids is 2. The highest BCUT2D eigenvalue weighted by Gasteiger charge is 2.12. The van der Waals surface area contributed by atoms with Crippen LogP contribution in [-0.2, 0) is 0 Å². The molecule has 0 saturated carbocycles. The maximum Gasteiger partial charge on any atom is 0.344 e. The molecule has 5 aromatic rings. The molecule has 1 aromatic heterocycles. The van der Waals surface area contributed by atoms with Crippen molar-refractivity contribution in [2.24, 2.45) is 0 Å². The lowest BCUT2D eigenvalue weighted by molar-refractivity contribution is 0.101. The molecule has 2 amide bonds. The number of rotatable bonds is 5. The van der Waals surface area contributed by atoms with Gasteiger partial charge in [0.1, 0.15) is 5.58 Å². The van der Waals surface area contributed by atoms with Crippen molar-refractivity contribution in [2.75, 3.05) is 10.6 Å². The Balaban J connectivity index is 1.35. The third-order valence-corrected chi connectivity index (χ3v) is 5.49. The minimum Gasteiger partial charge on any atom is -0.422 e. The Kier molecular flexibility index (Phi) is 5.92. The fourth-order valence-corrected chi connectivity index (χ4v) is 3.76. The highest BCUT2D eigenvalue weighted by Crippen LogP contribution is 2.23. The zero-order valence-electron chi connectivity index (χ0n) is 18.5. The van der Waals surface area contributed by atoms with Gasteiger partial charge in [0.05, 0.1) is 5.56 Å². The van der Waals surface area contributed by atoms with Crippen molar-refractivity contribution in [2.45, 2.75) is 0 Å². The van der Waals surface area contributed by atoms with Crippen LogP contribution in [0, 0.1) is 0 Å². The average Bonchev–Trinajstić information content (AvgIpc) is 2.89. The lowest BCUT2D eigenvalue weighted by atomic mass is 10.0. The largest absolute Gasteiger partial charge is 0.422 e.